The van der Waals surface area contributed by atoms with Gasteiger partial charge >= 0.3 is 37.9 Å². The Balaban J connectivity index is 0. The van der Waals surface area contributed by atoms with Crippen molar-refractivity contribution >= 4 is 17.0 Å². The SMILES string of the molecule is CCCC(C1CCCC1)C1C(C)CCC1C.[CH3-].[CH3-].[Cl][Zr+2][Cl]. The molecule has 0 spiro atoms. The van der Waals surface area contributed by atoms with E-state index in [0.717, 1.165) is 29.6 Å². The van der Waals surface area contributed by atoms with Crippen molar-refractivity contribution < 1.29 is 20.8 Å². The van der Waals surface area contributed by atoms with E-state index in [1.165, 1.54) is 38.5 Å². The number of halogens is 2. The molecule has 2 aliphatic rings. The topological polar surface area (TPSA) is 0 Å². The quantitative estimate of drug-likeness (QED) is 0.417. The van der Waals surface area contributed by atoms with Gasteiger partial charge in [-0.25, -0.2) is 0 Å². The Morgan fingerprint density at radius 3 is 1.76 bits per heavy atom. The van der Waals surface area contributed by atoms with Crippen LogP contribution in [0.1, 0.15) is 72.1 Å². The van der Waals surface area contributed by atoms with E-state index in [2.05, 4.69) is 20.8 Å². The number of rotatable bonds is 4. The van der Waals surface area contributed by atoms with Gasteiger partial charge in [-0.15, -0.1) is 0 Å². The third-order valence-electron chi connectivity index (χ3n) is 5.51. The second-order valence-electron chi connectivity index (χ2n) is 6.68. The van der Waals surface area contributed by atoms with Gasteiger partial charge in [0.05, 0.1) is 0 Å². The molecule has 2 fully saturated rings. The fourth-order valence-electron chi connectivity index (χ4n) is 4.78. The van der Waals surface area contributed by atoms with Crippen LogP contribution in [0.15, 0.2) is 0 Å². The van der Waals surface area contributed by atoms with Gasteiger partial charge in [-0.3, -0.25) is 0 Å². The molecule has 3 unspecified atom stereocenters. The zero-order valence-electron chi connectivity index (χ0n) is 14.8. The first-order valence-corrected chi connectivity index (χ1v) is 14.4. The van der Waals surface area contributed by atoms with Crippen LogP contribution in [0, 0.1) is 44.4 Å². The van der Waals surface area contributed by atoms with Crippen LogP contribution in [0.5, 0.6) is 0 Å². The molecule has 0 heterocycles. The van der Waals surface area contributed by atoms with Gasteiger partial charge in [0.25, 0.3) is 0 Å². The standard InChI is InChI=1S/C16H30.2CH3.2ClH.Zr/c1-4-7-15(14-8-5-6-9-14)16-12(2)10-11-13(16)3;;;;;/h12-16H,4-11H2,1-3H3;2*1H3;2*1H;/q;2*-1;;;+4/p-2. The van der Waals surface area contributed by atoms with Crippen LogP contribution >= 0.6 is 17.0 Å². The maximum absolute atomic E-state index is 4.93. The first kappa shape index (κ1) is 24.7. The van der Waals surface area contributed by atoms with E-state index in [1.54, 1.807) is 12.8 Å². The molecule has 0 saturated heterocycles. The monoisotopic (exact) mass is 412 g/mol. The van der Waals surface area contributed by atoms with E-state index in [9.17, 15) is 0 Å². The summed E-state index contributed by atoms with van der Waals surface area (Å²) in [5.41, 5.74) is 0. The van der Waals surface area contributed by atoms with Gasteiger partial charge < -0.3 is 14.9 Å². The second-order valence-corrected chi connectivity index (χ2v) is 10.4. The van der Waals surface area contributed by atoms with Gasteiger partial charge in [0, 0.05) is 0 Å². The van der Waals surface area contributed by atoms with Crippen molar-refractivity contribution in [2.45, 2.75) is 72.1 Å². The number of hydrogen-bond acceptors (Lipinski definition) is 0. The molecular weight excluding hydrogens is 378 g/mol. The number of hydrogen-bond donors (Lipinski definition) is 0. The predicted octanol–water partition coefficient (Wildman–Crippen LogP) is 7.55. The first-order chi connectivity index (χ1) is 9.15. The van der Waals surface area contributed by atoms with Crippen LogP contribution < -0.4 is 0 Å². The van der Waals surface area contributed by atoms with Crippen molar-refractivity contribution in [2.75, 3.05) is 0 Å². The molecule has 2 aliphatic carbocycles. The minimum atomic E-state index is -0.826. The van der Waals surface area contributed by atoms with E-state index in [4.69, 9.17) is 17.0 Å². The Kier molecular flexibility index (Phi) is 16.3. The summed E-state index contributed by atoms with van der Waals surface area (Å²) in [6.45, 7) is 7.42. The summed E-state index contributed by atoms with van der Waals surface area (Å²) in [6.07, 6.45) is 12.0. The van der Waals surface area contributed by atoms with E-state index < -0.39 is 20.8 Å². The molecule has 0 radical (unpaired) electrons. The van der Waals surface area contributed by atoms with Crippen LogP contribution in [0.3, 0.4) is 0 Å². The molecule has 0 aliphatic heterocycles. The maximum atomic E-state index is 4.93. The molecule has 0 aromatic rings. The summed E-state index contributed by atoms with van der Waals surface area (Å²) < 4.78 is 0. The van der Waals surface area contributed by atoms with Crippen LogP contribution in [0.4, 0.5) is 0 Å². The Bertz CT molecular complexity index is 219. The molecule has 0 aromatic carbocycles. The average molecular weight is 415 g/mol. The third kappa shape index (κ3) is 7.72. The van der Waals surface area contributed by atoms with Crippen molar-refractivity contribution in [3.63, 3.8) is 0 Å². The molecule has 2 saturated carbocycles. The van der Waals surface area contributed by atoms with E-state index in [1.807, 2.05) is 0 Å². The molecule has 3 atom stereocenters. The van der Waals surface area contributed by atoms with Crippen LogP contribution in [0.2, 0.25) is 0 Å². The molecule has 0 N–H and O–H groups in total. The molecule has 3 heteroatoms. The summed E-state index contributed by atoms with van der Waals surface area (Å²) in [4.78, 5) is 0. The van der Waals surface area contributed by atoms with Crippen molar-refractivity contribution in [1.82, 2.24) is 0 Å². The van der Waals surface area contributed by atoms with Gasteiger partial charge in [0.1, 0.15) is 0 Å². The van der Waals surface area contributed by atoms with Gasteiger partial charge in [0.2, 0.25) is 0 Å². The zero-order chi connectivity index (χ0) is 14.3. The van der Waals surface area contributed by atoms with Gasteiger partial charge in [0.15, 0.2) is 0 Å². The molecule has 0 bridgehead atoms. The van der Waals surface area contributed by atoms with Gasteiger partial charge in [-0.2, -0.15) is 0 Å². The van der Waals surface area contributed by atoms with Gasteiger partial charge in [-0.05, 0) is 29.6 Å². The van der Waals surface area contributed by atoms with E-state index in [-0.39, 0.29) is 14.9 Å². The molecule has 126 valence electrons. The first-order valence-electron chi connectivity index (χ1n) is 8.11. The van der Waals surface area contributed by atoms with Crippen LogP contribution in [-0.4, -0.2) is 0 Å². The summed E-state index contributed by atoms with van der Waals surface area (Å²) in [6, 6.07) is 0. The Morgan fingerprint density at radius 1 is 0.952 bits per heavy atom. The molecule has 2 rings (SSSR count). The van der Waals surface area contributed by atoms with Crippen molar-refractivity contribution in [1.29, 1.82) is 0 Å². The van der Waals surface area contributed by atoms with E-state index >= 15 is 0 Å². The molecular formula is C18H36Cl2Zr. The fraction of sp³-hybridized carbons (Fsp3) is 0.889. The molecule has 0 amide bonds. The second kappa shape index (κ2) is 13.9. The van der Waals surface area contributed by atoms with Crippen LogP contribution in [-0.2, 0) is 20.8 Å². The van der Waals surface area contributed by atoms with Gasteiger partial charge in [-0.1, -0.05) is 72.1 Å². The Morgan fingerprint density at radius 2 is 1.38 bits per heavy atom. The molecule has 21 heavy (non-hydrogen) atoms. The summed E-state index contributed by atoms with van der Waals surface area (Å²) in [7, 11) is 9.87. The van der Waals surface area contributed by atoms with Crippen molar-refractivity contribution in [3.05, 3.63) is 14.9 Å². The minimum absolute atomic E-state index is 0. The normalized spacial score (nSPS) is 29.5. The predicted molar refractivity (Wildman–Crippen MR) is 95.9 cm³/mol. The summed E-state index contributed by atoms with van der Waals surface area (Å²) >= 11 is -0.826. The third-order valence-corrected chi connectivity index (χ3v) is 5.51. The molecule has 0 nitrogen and oxygen atoms in total. The van der Waals surface area contributed by atoms with Crippen LogP contribution in [0.25, 0.3) is 0 Å². The Labute approximate surface area is 153 Å². The summed E-state index contributed by atoms with van der Waals surface area (Å²) in [5.74, 6) is 5.23. The Hall–Kier alpha value is 1.46. The fourth-order valence-corrected chi connectivity index (χ4v) is 4.78. The van der Waals surface area contributed by atoms with Crippen molar-refractivity contribution in [2.24, 2.45) is 29.6 Å². The van der Waals surface area contributed by atoms with Crippen molar-refractivity contribution in [3.8, 4) is 0 Å². The van der Waals surface area contributed by atoms with E-state index in [0.29, 0.717) is 0 Å². The summed E-state index contributed by atoms with van der Waals surface area (Å²) in [5, 5.41) is 0. The molecule has 0 aromatic heterocycles. The zero-order valence-corrected chi connectivity index (χ0v) is 18.8. The average Bonchev–Trinajstić information content (AvgIpc) is 2.99.